The molecule has 1 aromatic rings. The van der Waals surface area contributed by atoms with E-state index in [1.54, 1.807) is 0 Å². The number of halogens is 3. The van der Waals surface area contributed by atoms with Crippen LogP contribution >= 0.6 is 12.4 Å². The smallest absolute Gasteiger partial charge is 0.123 e. The maximum absolute atomic E-state index is 12.2. The van der Waals surface area contributed by atoms with Crippen LogP contribution in [0.4, 0.5) is 14.6 Å². The number of hydrazine groups is 1. The second-order valence-corrected chi connectivity index (χ2v) is 1.73. The minimum Gasteiger partial charge on any atom is -0.295 e. The lowest BCUT2D eigenvalue weighted by Crippen LogP contribution is -2.09. The monoisotopic (exact) mass is 180 g/mol. The van der Waals surface area contributed by atoms with Crippen molar-refractivity contribution >= 4 is 18.1 Å². The molecule has 1 aromatic carbocycles. The summed E-state index contributed by atoms with van der Waals surface area (Å²) in [5.41, 5.74) is 3.86. The molecule has 0 atom stereocenters. The van der Waals surface area contributed by atoms with E-state index in [9.17, 15) is 8.87 Å². The lowest BCUT2D eigenvalue weighted by Gasteiger charge is -1.98. The molecule has 0 aliphatic heterocycles. The van der Waals surface area contributed by atoms with E-state index in [0.717, 1.165) is 0 Å². The minimum atomic E-state index is -0.343. The van der Waals surface area contributed by atoms with Gasteiger partial charge in [-0.15, -0.1) is 16.9 Å². The van der Waals surface area contributed by atoms with E-state index in [1.807, 2.05) is 0 Å². The van der Waals surface area contributed by atoms with Gasteiger partial charge in [-0.1, -0.05) is 5.65 Å². The van der Waals surface area contributed by atoms with Crippen molar-refractivity contribution in [3.05, 3.63) is 30.1 Å². The minimum absolute atomic E-state index is 0. The van der Waals surface area contributed by atoms with E-state index in [4.69, 9.17) is 0 Å². The Kier molecular flexibility index (Phi) is 4.49. The van der Waals surface area contributed by atoms with Gasteiger partial charge in [-0.25, -0.2) is 4.39 Å². The van der Waals surface area contributed by atoms with Gasteiger partial charge in [0.2, 0.25) is 0 Å². The molecule has 0 unspecified atom stereocenters. The third-order valence-electron chi connectivity index (χ3n) is 1.04. The van der Waals surface area contributed by atoms with Crippen molar-refractivity contribution < 1.29 is 8.87 Å². The van der Waals surface area contributed by atoms with Gasteiger partial charge in [-0.3, -0.25) is 5.43 Å². The molecule has 0 spiro atoms. The van der Waals surface area contributed by atoms with E-state index < -0.39 is 0 Å². The zero-order chi connectivity index (χ0) is 7.40. The molecule has 0 amide bonds. The van der Waals surface area contributed by atoms with Crippen molar-refractivity contribution in [1.29, 1.82) is 0 Å². The van der Waals surface area contributed by atoms with Crippen LogP contribution in [0.1, 0.15) is 0 Å². The molecule has 2 N–H and O–H groups in total. The van der Waals surface area contributed by atoms with Crippen molar-refractivity contribution in [2.45, 2.75) is 0 Å². The number of hydrogen-bond donors (Lipinski definition) is 2. The Morgan fingerprint density at radius 2 is 1.64 bits per heavy atom. The van der Waals surface area contributed by atoms with E-state index in [2.05, 4.69) is 5.43 Å². The molecule has 0 fully saturated rings. The number of nitrogens with one attached hydrogen (secondary N) is 2. The molecular formula is C6H7ClF2N2. The summed E-state index contributed by atoms with van der Waals surface area (Å²) in [6.45, 7) is 0. The summed E-state index contributed by atoms with van der Waals surface area (Å²) in [7, 11) is 0. The molecule has 0 aliphatic rings. The average molecular weight is 181 g/mol. The Morgan fingerprint density at radius 1 is 1.09 bits per heavy atom. The fourth-order valence-corrected chi connectivity index (χ4v) is 0.588. The molecule has 62 valence electrons. The van der Waals surface area contributed by atoms with Gasteiger partial charge in [0.25, 0.3) is 0 Å². The predicted molar refractivity (Wildman–Crippen MR) is 41.5 cm³/mol. The van der Waals surface area contributed by atoms with E-state index in [0.29, 0.717) is 5.69 Å². The zero-order valence-electron chi connectivity index (χ0n) is 5.47. The average Bonchev–Trinajstić information content (AvgIpc) is 1.95. The Morgan fingerprint density at radius 3 is 2.09 bits per heavy atom. The summed E-state index contributed by atoms with van der Waals surface area (Å²) in [4.78, 5) is 0. The van der Waals surface area contributed by atoms with Gasteiger partial charge in [0.15, 0.2) is 0 Å². The molecule has 0 bridgehead atoms. The zero-order valence-corrected chi connectivity index (χ0v) is 6.29. The van der Waals surface area contributed by atoms with Crippen LogP contribution in [0.25, 0.3) is 0 Å². The Hall–Kier alpha value is -0.870. The Labute approximate surface area is 68.9 Å². The maximum Gasteiger partial charge on any atom is 0.123 e. The normalized spacial score (nSPS) is 8.55. The predicted octanol–water partition coefficient (Wildman–Crippen LogP) is 2.05. The van der Waals surface area contributed by atoms with E-state index >= 15 is 0 Å². The summed E-state index contributed by atoms with van der Waals surface area (Å²) >= 11 is 0. The third kappa shape index (κ3) is 3.15. The summed E-state index contributed by atoms with van der Waals surface area (Å²) in [5.74, 6) is -0.343. The van der Waals surface area contributed by atoms with Crippen molar-refractivity contribution in [2.75, 3.05) is 5.43 Å². The van der Waals surface area contributed by atoms with Gasteiger partial charge < -0.3 is 0 Å². The van der Waals surface area contributed by atoms with Crippen molar-refractivity contribution in [3.63, 3.8) is 0 Å². The summed E-state index contributed by atoms with van der Waals surface area (Å²) < 4.78 is 23.5. The van der Waals surface area contributed by atoms with Gasteiger partial charge in [-0.05, 0) is 24.3 Å². The first-order chi connectivity index (χ1) is 4.83. The molecule has 0 saturated heterocycles. The van der Waals surface area contributed by atoms with Gasteiger partial charge in [0.05, 0.1) is 5.69 Å². The van der Waals surface area contributed by atoms with E-state index in [-0.39, 0.29) is 18.2 Å². The summed E-state index contributed by atoms with van der Waals surface area (Å²) in [6, 6.07) is 5.31. The molecule has 2 nitrogen and oxygen atoms in total. The molecule has 11 heavy (non-hydrogen) atoms. The summed E-state index contributed by atoms with van der Waals surface area (Å²) in [6.07, 6.45) is 0. The number of hydrogen-bond acceptors (Lipinski definition) is 2. The summed E-state index contributed by atoms with van der Waals surface area (Å²) in [5, 5.41) is 0. The van der Waals surface area contributed by atoms with Crippen LogP contribution in [0.2, 0.25) is 0 Å². The SMILES string of the molecule is Cl.FNNc1ccc(F)cc1. The van der Waals surface area contributed by atoms with Gasteiger partial charge in [0, 0.05) is 0 Å². The molecule has 0 aromatic heterocycles. The topological polar surface area (TPSA) is 24.1 Å². The first-order valence-corrected chi connectivity index (χ1v) is 2.70. The molecule has 5 heteroatoms. The second kappa shape index (κ2) is 4.87. The van der Waals surface area contributed by atoms with Crippen LogP contribution in [-0.2, 0) is 0 Å². The van der Waals surface area contributed by atoms with Crippen molar-refractivity contribution in [3.8, 4) is 0 Å². The molecule has 0 heterocycles. The fraction of sp³-hybridized carbons (Fsp3) is 0. The second-order valence-electron chi connectivity index (χ2n) is 1.73. The molecule has 0 aliphatic carbocycles. The number of benzene rings is 1. The third-order valence-corrected chi connectivity index (χ3v) is 1.04. The lowest BCUT2D eigenvalue weighted by atomic mass is 10.3. The van der Waals surface area contributed by atoms with Crippen LogP contribution in [0.3, 0.4) is 0 Å². The highest BCUT2D eigenvalue weighted by atomic mass is 35.5. The fourth-order valence-electron chi connectivity index (χ4n) is 0.588. The first kappa shape index (κ1) is 10.1. The van der Waals surface area contributed by atoms with Crippen molar-refractivity contribution in [2.24, 2.45) is 0 Å². The van der Waals surface area contributed by atoms with Gasteiger partial charge in [-0.2, -0.15) is 0 Å². The maximum atomic E-state index is 12.2. The van der Waals surface area contributed by atoms with Crippen LogP contribution < -0.4 is 11.1 Å². The number of anilines is 1. The largest absolute Gasteiger partial charge is 0.295 e. The Balaban J connectivity index is 0.000001000. The van der Waals surface area contributed by atoms with Crippen LogP contribution in [0, 0.1) is 5.82 Å². The van der Waals surface area contributed by atoms with Gasteiger partial charge in [0.1, 0.15) is 5.82 Å². The Bertz CT molecular complexity index is 202. The quantitative estimate of drug-likeness (QED) is 0.538. The highest BCUT2D eigenvalue weighted by molar-refractivity contribution is 5.85. The van der Waals surface area contributed by atoms with Gasteiger partial charge >= 0.3 is 0 Å². The molecule has 1 rings (SSSR count). The first-order valence-electron chi connectivity index (χ1n) is 2.70. The standard InChI is InChI=1S/C6H6F2N2.ClH/c7-5-1-3-6(4-2-5)9-10-8;/h1-4,9-10H;1H. The molecule has 0 radical (unpaired) electrons. The molecular weight excluding hydrogens is 174 g/mol. The highest BCUT2D eigenvalue weighted by Crippen LogP contribution is 2.05. The van der Waals surface area contributed by atoms with E-state index in [1.165, 1.54) is 29.9 Å². The van der Waals surface area contributed by atoms with Crippen LogP contribution in [0.15, 0.2) is 24.3 Å². The molecule has 0 saturated carbocycles. The van der Waals surface area contributed by atoms with Crippen molar-refractivity contribution in [1.82, 2.24) is 5.65 Å². The number of rotatable bonds is 2. The lowest BCUT2D eigenvalue weighted by molar-refractivity contribution is 0.376. The van der Waals surface area contributed by atoms with Crippen LogP contribution in [0.5, 0.6) is 0 Å². The van der Waals surface area contributed by atoms with Crippen LogP contribution in [-0.4, -0.2) is 0 Å². The highest BCUT2D eigenvalue weighted by Gasteiger charge is 1.89.